The van der Waals surface area contributed by atoms with Gasteiger partial charge in [-0.05, 0) is 37.1 Å². The molecular weight excluding hydrogens is 216 g/mol. The molecule has 0 amide bonds. The van der Waals surface area contributed by atoms with E-state index in [-0.39, 0.29) is 11.9 Å². The van der Waals surface area contributed by atoms with E-state index in [1.807, 2.05) is 24.5 Å². The van der Waals surface area contributed by atoms with Gasteiger partial charge in [-0.25, -0.2) is 0 Å². The first-order valence-electron chi connectivity index (χ1n) is 5.98. The van der Waals surface area contributed by atoms with Gasteiger partial charge in [0.1, 0.15) is 0 Å². The minimum atomic E-state index is -0.0728. The summed E-state index contributed by atoms with van der Waals surface area (Å²) in [6.45, 7) is 2.82. The van der Waals surface area contributed by atoms with E-state index in [0.717, 1.165) is 32.5 Å². The summed E-state index contributed by atoms with van der Waals surface area (Å²) in [5, 5.41) is 0. The highest BCUT2D eigenvalue weighted by Gasteiger charge is 2.28. The van der Waals surface area contributed by atoms with Crippen LogP contribution < -0.4 is 0 Å². The second kappa shape index (κ2) is 5.77. The first-order valence-corrected chi connectivity index (χ1v) is 5.98. The van der Waals surface area contributed by atoms with Crippen molar-refractivity contribution in [1.29, 1.82) is 0 Å². The highest BCUT2D eigenvalue weighted by molar-refractivity contribution is 5.72. The molecule has 0 N–H and O–H groups in total. The number of carbonyl (C=O) groups is 1. The Bertz CT molecular complexity index is 367. The monoisotopic (exact) mass is 234 g/mol. The molecular formula is C13H18N2O2. The van der Waals surface area contributed by atoms with Crippen LogP contribution in [0.2, 0.25) is 0 Å². The molecule has 0 bridgehead atoms. The van der Waals surface area contributed by atoms with Crippen LogP contribution in [0.1, 0.15) is 12.0 Å². The van der Waals surface area contributed by atoms with Gasteiger partial charge in [0, 0.05) is 25.5 Å². The molecule has 1 atom stereocenters. The number of likely N-dealkylation sites (tertiary alicyclic amines) is 1. The van der Waals surface area contributed by atoms with Crippen molar-refractivity contribution in [2.75, 3.05) is 26.7 Å². The molecule has 1 aliphatic rings. The molecule has 0 saturated carbocycles. The second-order valence-electron chi connectivity index (χ2n) is 4.41. The molecule has 2 heterocycles. The number of ether oxygens (including phenoxy) is 1. The van der Waals surface area contributed by atoms with Crippen LogP contribution in [-0.4, -0.2) is 42.6 Å². The van der Waals surface area contributed by atoms with E-state index < -0.39 is 0 Å². The van der Waals surface area contributed by atoms with E-state index in [1.165, 1.54) is 12.7 Å². The van der Waals surface area contributed by atoms with Crippen LogP contribution in [0.4, 0.5) is 0 Å². The third-order valence-electron chi connectivity index (χ3n) is 3.27. The summed E-state index contributed by atoms with van der Waals surface area (Å²) < 4.78 is 4.77. The number of methoxy groups -OCH3 is 1. The normalized spacial score (nSPS) is 20.4. The Labute approximate surface area is 102 Å². The van der Waals surface area contributed by atoms with Gasteiger partial charge in [0.25, 0.3) is 0 Å². The average Bonchev–Trinajstić information content (AvgIpc) is 2.85. The predicted molar refractivity (Wildman–Crippen MR) is 64.5 cm³/mol. The fraction of sp³-hybridized carbons (Fsp3) is 0.538. The van der Waals surface area contributed by atoms with Crippen molar-refractivity contribution < 1.29 is 9.53 Å². The summed E-state index contributed by atoms with van der Waals surface area (Å²) in [7, 11) is 1.46. The van der Waals surface area contributed by atoms with Crippen molar-refractivity contribution in [3.63, 3.8) is 0 Å². The van der Waals surface area contributed by atoms with Crippen LogP contribution in [0.5, 0.6) is 0 Å². The van der Waals surface area contributed by atoms with Gasteiger partial charge < -0.3 is 9.64 Å². The number of nitrogens with zero attached hydrogens (tertiary/aromatic N) is 2. The third kappa shape index (κ3) is 3.27. The number of carbonyl (C=O) groups excluding carboxylic acids is 1. The number of esters is 1. The Morgan fingerprint density at radius 2 is 2.29 bits per heavy atom. The first kappa shape index (κ1) is 12.0. The average molecular weight is 234 g/mol. The largest absolute Gasteiger partial charge is 0.469 e. The molecule has 1 fully saturated rings. The Balaban J connectivity index is 1.77. The van der Waals surface area contributed by atoms with Gasteiger partial charge in [-0.1, -0.05) is 0 Å². The van der Waals surface area contributed by atoms with Crippen LogP contribution >= 0.6 is 0 Å². The molecule has 0 aromatic carbocycles. The molecule has 0 spiro atoms. The molecule has 92 valence electrons. The minimum absolute atomic E-state index is 0.0671. The number of hydrogen-bond acceptors (Lipinski definition) is 4. The number of aromatic nitrogens is 1. The lowest BCUT2D eigenvalue weighted by molar-refractivity contribution is -0.144. The minimum Gasteiger partial charge on any atom is -0.469 e. The molecule has 1 aromatic rings. The van der Waals surface area contributed by atoms with E-state index in [9.17, 15) is 4.79 Å². The lowest BCUT2D eigenvalue weighted by Crippen LogP contribution is -2.25. The maximum Gasteiger partial charge on any atom is 0.310 e. The maximum atomic E-state index is 11.4. The first-order chi connectivity index (χ1) is 8.29. The van der Waals surface area contributed by atoms with Gasteiger partial charge in [-0.15, -0.1) is 0 Å². The van der Waals surface area contributed by atoms with E-state index in [0.29, 0.717) is 0 Å². The highest BCUT2D eigenvalue weighted by Crippen LogP contribution is 2.17. The van der Waals surface area contributed by atoms with Gasteiger partial charge in [-0.3, -0.25) is 9.78 Å². The van der Waals surface area contributed by atoms with Crippen LogP contribution in [0.25, 0.3) is 0 Å². The second-order valence-corrected chi connectivity index (χ2v) is 4.41. The summed E-state index contributed by atoms with van der Waals surface area (Å²) in [6, 6.07) is 4.07. The maximum absolute atomic E-state index is 11.4. The topological polar surface area (TPSA) is 42.4 Å². The lowest BCUT2D eigenvalue weighted by Gasteiger charge is -2.15. The van der Waals surface area contributed by atoms with Crippen LogP contribution in [-0.2, 0) is 16.0 Å². The van der Waals surface area contributed by atoms with Crippen LogP contribution in [0.15, 0.2) is 24.5 Å². The van der Waals surface area contributed by atoms with Crippen molar-refractivity contribution >= 4 is 5.97 Å². The Morgan fingerprint density at radius 3 is 3.00 bits per heavy atom. The molecule has 0 radical (unpaired) electrons. The summed E-state index contributed by atoms with van der Waals surface area (Å²) in [5.74, 6) is -0.00569. The summed E-state index contributed by atoms with van der Waals surface area (Å²) in [4.78, 5) is 17.7. The smallest absolute Gasteiger partial charge is 0.310 e. The summed E-state index contributed by atoms with van der Waals surface area (Å²) in [5.41, 5.74) is 1.29. The molecule has 4 heteroatoms. The van der Waals surface area contributed by atoms with Gasteiger partial charge in [0.05, 0.1) is 13.0 Å². The van der Waals surface area contributed by atoms with Crippen molar-refractivity contribution in [2.45, 2.75) is 12.8 Å². The highest BCUT2D eigenvalue weighted by atomic mass is 16.5. The molecule has 1 aliphatic heterocycles. The quantitative estimate of drug-likeness (QED) is 0.732. The van der Waals surface area contributed by atoms with Gasteiger partial charge in [-0.2, -0.15) is 0 Å². The molecule has 1 saturated heterocycles. The number of rotatable bonds is 4. The van der Waals surface area contributed by atoms with Crippen molar-refractivity contribution in [2.24, 2.45) is 5.92 Å². The fourth-order valence-corrected chi connectivity index (χ4v) is 2.23. The zero-order chi connectivity index (χ0) is 12.1. The lowest BCUT2D eigenvalue weighted by atomic mass is 10.1. The van der Waals surface area contributed by atoms with Crippen LogP contribution in [0.3, 0.4) is 0 Å². The molecule has 1 unspecified atom stereocenters. The van der Waals surface area contributed by atoms with E-state index in [1.54, 1.807) is 0 Å². The molecule has 1 aromatic heterocycles. The fourth-order valence-electron chi connectivity index (χ4n) is 2.23. The number of pyridine rings is 1. The molecule has 4 nitrogen and oxygen atoms in total. The molecule has 0 aliphatic carbocycles. The van der Waals surface area contributed by atoms with Crippen molar-refractivity contribution in [3.05, 3.63) is 30.1 Å². The van der Waals surface area contributed by atoms with Gasteiger partial charge in [0.15, 0.2) is 0 Å². The van der Waals surface area contributed by atoms with E-state index in [4.69, 9.17) is 4.74 Å². The Hall–Kier alpha value is -1.42. The van der Waals surface area contributed by atoms with Crippen molar-refractivity contribution in [3.8, 4) is 0 Å². The van der Waals surface area contributed by atoms with Gasteiger partial charge >= 0.3 is 5.97 Å². The Kier molecular flexibility index (Phi) is 4.09. The standard InChI is InChI=1S/C13H18N2O2/c1-17-13(16)12-5-9-15(10-12)8-4-11-2-6-14-7-3-11/h2-3,6-7,12H,4-5,8-10H2,1H3. The zero-order valence-corrected chi connectivity index (χ0v) is 10.1. The van der Waals surface area contributed by atoms with E-state index >= 15 is 0 Å². The zero-order valence-electron chi connectivity index (χ0n) is 10.1. The van der Waals surface area contributed by atoms with Crippen molar-refractivity contribution in [1.82, 2.24) is 9.88 Å². The van der Waals surface area contributed by atoms with Crippen LogP contribution in [0, 0.1) is 5.92 Å². The summed E-state index contributed by atoms with van der Waals surface area (Å²) >= 11 is 0. The predicted octanol–water partition coefficient (Wildman–Crippen LogP) is 1.12. The van der Waals surface area contributed by atoms with Gasteiger partial charge in [0.2, 0.25) is 0 Å². The number of hydrogen-bond donors (Lipinski definition) is 0. The van der Waals surface area contributed by atoms with E-state index in [2.05, 4.69) is 9.88 Å². The molecule has 2 rings (SSSR count). The molecule has 17 heavy (non-hydrogen) atoms. The summed E-state index contributed by atoms with van der Waals surface area (Å²) in [6.07, 6.45) is 5.56. The SMILES string of the molecule is COC(=O)C1CCN(CCc2ccncc2)C1. The third-order valence-corrected chi connectivity index (χ3v) is 3.27. The Morgan fingerprint density at radius 1 is 1.53 bits per heavy atom.